The molecule has 21 heavy (non-hydrogen) atoms. The molecule has 0 bridgehead atoms. The van der Waals surface area contributed by atoms with Crippen LogP contribution in [0.1, 0.15) is 0 Å². The zero-order valence-corrected chi connectivity index (χ0v) is 11.5. The van der Waals surface area contributed by atoms with Crippen LogP contribution < -0.4 is 16.4 Å². The van der Waals surface area contributed by atoms with Crippen molar-refractivity contribution in [2.24, 2.45) is 0 Å². The number of anilines is 3. The summed E-state index contributed by atoms with van der Waals surface area (Å²) in [7, 11) is -4.34. The number of non-ortho nitro benzene ring substituents is 1. The minimum Gasteiger partial charge on any atom is -0.397 e. The van der Waals surface area contributed by atoms with E-state index in [1.807, 2.05) is 0 Å². The Morgan fingerprint density at radius 3 is 2.48 bits per heavy atom. The maximum absolute atomic E-state index is 11.2. The second-order valence-electron chi connectivity index (χ2n) is 4.25. The number of rotatable bonds is 4. The first-order valence-electron chi connectivity index (χ1n) is 5.74. The predicted octanol–water partition coefficient (Wildman–Crippen LogP) is 1.72. The third kappa shape index (κ3) is 3.57. The van der Waals surface area contributed by atoms with Gasteiger partial charge in [-0.2, -0.15) is 0 Å². The second kappa shape index (κ2) is 5.53. The van der Waals surface area contributed by atoms with Crippen LogP contribution in [0.15, 0.2) is 42.5 Å². The van der Waals surface area contributed by atoms with Crippen molar-refractivity contribution in [3.05, 3.63) is 52.6 Å². The number of nitro groups is 1. The summed E-state index contributed by atoms with van der Waals surface area (Å²) >= 11 is 0. The summed E-state index contributed by atoms with van der Waals surface area (Å²) in [4.78, 5) is 28.3. The van der Waals surface area contributed by atoms with Crippen molar-refractivity contribution in [1.82, 2.24) is 0 Å². The highest BCUT2D eigenvalue weighted by Crippen LogP contribution is 2.34. The van der Waals surface area contributed by atoms with Crippen LogP contribution in [0.4, 0.5) is 22.7 Å². The van der Waals surface area contributed by atoms with Gasteiger partial charge in [0.05, 0.1) is 21.6 Å². The van der Waals surface area contributed by atoms with E-state index in [0.29, 0.717) is 11.4 Å². The fourth-order valence-electron chi connectivity index (χ4n) is 1.70. The van der Waals surface area contributed by atoms with E-state index in [0.717, 1.165) is 0 Å². The summed E-state index contributed by atoms with van der Waals surface area (Å²) in [5.74, 6) is 0. The molecule has 0 atom stereocenters. The highest BCUT2D eigenvalue weighted by atomic mass is 31.2. The second-order valence-corrected chi connectivity index (χ2v) is 5.85. The Labute approximate surface area is 119 Å². The molecule has 0 saturated heterocycles. The molecule has 0 unspecified atom stereocenters. The van der Waals surface area contributed by atoms with E-state index < -0.39 is 12.5 Å². The van der Waals surface area contributed by atoms with Gasteiger partial charge in [0, 0.05) is 17.8 Å². The Kier molecular flexibility index (Phi) is 3.95. The van der Waals surface area contributed by atoms with Crippen LogP contribution in [-0.4, -0.2) is 14.7 Å². The van der Waals surface area contributed by atoms with Crippen molar-refractivity contribution >= 4 is 35.6 Å². The van der Waals surface area contributed by atoms with E-state index in [1.165, 1.54) is 36.4 Å². The molecule has 0 aliphatic heterocycles. The molecule has 0 heterocycles. The van der Waals surface area contributed by atoms with E-state index in [4.69, 9.17) is 15.5 Å². The van der Waals surface area contributed by atoms with Crippen LogP contribution in [0.25, 0.3) is 0 Å². The first-order valence-corrected chi connectivity index (χ1v) is 7.36. The molecule has 2 aromatic rings. The lowest BCUT2D eigenvalue weighted by atomic mass is 10.2. The van der Waals surface area contributed by atoms with Crippen molar-refractivity contribution in [2.75, 3.05) is 11.1 Å². The van der Waals surface area contributed by atoms with Gasteiger partial charge in [-0.15, -0.1) is 0 Å². The minimum atomic E-state index is -4.34. The van der Waals surface area contributed by atoms with Gasteiger partial charge in [0.15, 0.2) is 0 Å². The molecular formula is C12H12N3O5P. The summed E-state index contributed by atoms with van der Waals surface area (Å²) in [5.41, 5.74) is 6.55. The molecule has 0 fully saturated rings. The Morgan fingerprint density at radius 2 is 1.90 bits per heavy atom. The van der Waals surface area contributed by atoms with Crippen LogP contribution in [0.2, 0.25) is 0 Å². The molecule has 0 radical (unpaired) electrons. The largest absolute Gasteiger partial charge is 0.397 e. The Bertz CT molecular complexity index is 743. The van der Waals surface area contributed by atoms with Crippen LogP contribution >= 0.6 is 7.60 Å². The van der Waals surface area contributed by atoms with Gasteiger partial charge in [0.1, 0.15) is 0 Å². The molecule has 5 N–H and O–H groups in total. The molecule has 0 spiro atoms. The van der Waals surface area contributed by atoms with Crippen molar-refractivity contribution in [3.8, 4) is 0 Å². The standard InChI is InChI=1S/C12H12N3O5P/c13-11-7-9(15(16)17)4-5-12(11)14-8-2-1-3-10(6-8)21(18,19)20/h1-7,14H,13H2,(H2,18,19,20). The molecule has 2 aromatic carbocycles. The average molecular weight is 309 g/mol. The van der Waals surface area contributed by atoms with Gasteiger partial charge >= 0.3 is 7.60 Å². The maximum atomic E-state index is 11.2. The Hall–Kier alpha value is -2.41. The molecule has 0 aromatic heterocycles. The first kappa shape index (κ1) is 15.0. The highest BCUT2D eigenvalue weighted by molar-refractivity contribution is 7.60. The van der Waals surface area contributed by atoms with E-state index in [-0.39, 0.29) is 16.7 Å². The predicted molar refractivity (Wildman–Crippen MR) is 78.9 cm³/mol. The van der Waals surface area contributed by atoms with E-state index in [1.54, 1.807) is 6.07 Å². The molecule has 2 rings (SSSR count). The van der Waals surface area contributed by atoms with Crippen molar-refractivity contribution < 1.29 is 19.3 Å². The normalized spacial score (nSPS) is 11.1. The number of benzene rings is 2. The molecule has 110 valence electrons. The molecule has 0 aliphatic rings. The number of nitrogens with zero attached hydrogens (tertiary/aromatic N) is 1. The maximum Gasteiger partial charge on any atom is 0.356 e. The molecule has 0 aliphatic carbocycles. The Balaban J connectivity index is 2.31. The van der Waals surface area contributed by atoms with Crippen LogP contribution in [0.5, 0.6) is 0 Å². The summed E-state index contributed by atoms with van der Waals surface area (Å²) < 4.78 is 11.2. The monoisotopic (exact) mass is 309 g/mol. The summed E-state index contributed by atoms with van der Waals surface area (Å²) in [6.45, 7) is 0. The van der Waals surface area contributed by atoms with Gasteiger partial charge in [-0.05, 0) is 24.3 Å². The van der Waals surface area contributed by atoms with Gasteiger partial charge in [-0.3, -0.25) is 14.7 Å². The van der Waals surface area contributed by atoms with E-state index in [9.17, 15) is 14.7 Å². The number of nitrogens with two attached hydrogens (primary N) is 1. The van der Waals surface area contributed by atoms with Crippen molar-refractivity contribution in [3.63, 3.8) is 0 Å². The number of hydrogen-bond donors (Lipinski definition) is 4. The number of nitrogens with one attached hydrogen (secondary N) is 1. The smallest absolute Gasteiger partial charge is 0.356 e. The lowest BCUT2D eigenvalue weighted by Crippen LogP contribution is -2.05. The summed E-state index contributed by atoms with van der Waals surface area (Å²) in [6.07, 6.45) is 0. The lowest BCUT2D eigenvalue weighted by molar-refractivity contribution is -0.384. The summed E-state index contributed by atoms with van der Waals surface area (Å²) in [6, 6.07) is 9.60. The van der Waals surface area contributed by atoms with E-state index >= 15 is 0 Å². The molecule has 8 nitrogen and oxygen atoms in total. The van der Waals surface area contributed by atoms with Crippen molar-refractivity contribution in [2.45, 2.75) is 0 Å². The fraction of sp³-hybridized carbons (Fsp3) is 0. The van der Waals surface area contributed by atoms with Gasteiger partial charge in [0.2, 0.25) is 0 Å². The number of nitro benzene ring substituents is 1. The average Bonchev–Trinajstić information content (AvgIpc) is 2.40. The van der Waals surface area contributed by atoms with Gasteiger partial charge in [-0.1, -0.05) is 6.07 Å². The topological polar surface area (TPSA) is 139 Å². The van der Waals surface area contributed by atoms with Crippen LogP contribution in [0.3, 0.4) is 0 Å². The third-order valence-electron chi connectivity index (χ3n) is 2.71. The molecule has 0 amide bonds. The molecule has 0 saturated carbocycles. The fourth-order valence-corrected chi connectivity index (χ4v) is 2.29. The van der Waals surface area contributed by atoms with Crippen molar-refractivity contribution in [1.29, 1.82) is 0 Å². The highest BCUT2D eigenvalue weighted by Gasteiger charge is 2.17. The van der Waals surface area contributed by atoms with E-state index in [2.05, 4.69) is 5.32 Å². The quantitative estimate of drug-likeness (QED) is 0.292. The first-order chi connectivity index (χ1) is 9.77. The van der Waals surface area contributed by atoms with Gasteiger partial charge < -0.3 is 20.8 Å². The lowest BCUT2D eigenvalue weighted by Gasteiger charge is -2.11. The minimum absolute atomic E-state index is 0.131. The van der Waals surface area contributed by atoms with Crippen LogP contribution in [0, 0.1) is 10.1 Å². The third-order valence-corrected chi connectivity index (χ3v) is 3.66. The zero-order chi connectivity index (χ0) is 15.6. The molecular weight excluding hydrogens is 297 g/mol. The van der Waals surface area contributed by atoms with Gasteiger partial charge in [-0.25, -0.2) is 0 Å². The zero-order valence-electron chi connectivity index (χ0n) is 10.6. The number of hydrogen-bond acceptors (Lipinski definition) is 5. The Morgan fingerprint density at radius 1 is 1.19 bits per heavy atom. The van der Waals surface area contributed by atoms with Crippen LogP contribution in [-0.2, 0) is 4.57 Å². The molecule has 9 heteroatoms. The SMILES string of the molecule is Nc1cc([N+](=O)[O-])ccc1Nc1cccc(P(=O)(O)O)c1. The van der Waals surface area contributed by atoms with Gasteiger partial charge in [0.25, 0.3) is 5.69 Å². The summed E-state index contributed by atoms with van der Waals surface area (Å²) in [5, 5.41) is 13.3. The number of nitrogen functional groups attached to an aromatic ring is 1.